The molecule has 0 aliphatic rings. The molecule has 7 nitrogen and oxygen atoms in total. The van der Waals surface area contributed by atoms with Gasteiger partial charge in [0.15, 0.2) is 0 Å². The van der Waals surface area contributed by atoms with E-state index in [1.807, 2.05) is 0 Å². The normalized spacial score (nSPS) is 13.0. The molecule has 1 atom stereocenters. The number of hydrogen-bond donors (Lipinski definition) is 3. The van der Waals surface area contributed by atoms with Crippen LogP contribution in [0.25, 0.3) is 0 Å². The van der Waals surface area contributed by atoms with Crippen LogP contribution in [0.4, 0.5) is 18.0 Å². The average molecular weight is 409 g/mol. The molecule has 0 aromatic heterocycles. The Balaban J connectivity index is 2.27. The molecule has 0 aliphatic heterocycles. The first kappa shape index (κ1) is 21.7. The van der Waals surface area contributed by atoms with Gasteiger partial charge in [-0.25, -0.2) is 9.59 Å². The topological polar surface area (TPSA) is 96.5 Å². The second kappa shape index (κ2) is 9.09. The van der Waals surface area contributed by atoms with Gasteiger partial charge in [-0.15, -0.1) is 0 Å². The summed E-state index contributed by atoms with van der Waals surface area (Å²) in [6.45, 7) is -0.103. The molecule has 0 bridgehead atoms. The summed E-state index contributed by atoms with van der Waals surface area (Å²) in [5.41, 5.74) is -3.31. The van der Waals surface area contributed by atoms with Gasteiger partial charge in [0, 0.05) is 12.1 Å². The van der Waals surface area contributed by atoms with Gasteiger partial charge in [-0.3, -0.25) is 10.1 Å². The van der Waals surface area contributed by atoms with Crippen molar-refractivity contribution in [1.82, 2.24) is 16.0 Å². The molecule has 3 N–H and O–H groups in total. The highest BCUT2D eigenvalue weighted by Crippen LogP contribution is 2.30. The van der Waals surface area contributed by atoms with Gasteiger partial charge in [0.05, 0.1) is 7.11 Å². The number of carbonyl (C=O) groups excluding carboxylic acids is 3. The minimum atomic E-state index is -5.39. The Bertz CT molecular complexity index is 860. The van der Waals surface area contributed by atoms with E-state index in [2.05, 4.69) is 10.1 Å². The quantitative estimate of drug-likeness (QED) is 0.504. The number of alkyl halides is 3. The van der Waals surface area contributed by atoms with E-state index in [-0.39, 0.29) is 12.1 Å². The van der Waals surface area contributed by atoms with Crippen LogP contribution >= 0.6 is 0 Å². The first-order valence-electron chi connectivity index (χ1n) is 8.32. The second-order valence-electron chi connectivity index (χ2n) is 5.85. The lowest BCUT2D eigenvalue weighted by molar-refractivity contribution is -0.214. The van der Waals surface area contributed by atoms with Crippen LogP contribution in [0.15, 0.2) is 60.7 Å². The molecule has 1 unspecified atom stereocenters. The van der Waals surface area contributed by atoms with Crippen molar-refractivity contribution >= 4 is 17.9 Å². The molecule has 2 aromatic carbocycles. The number of amides is 3. The van der Waals surface area contributed by atoms with E-state index in [0.717, 1.165) is 0 Å². The van der Waals surface area contributed by atoms with Crippen molar-refractivity contribution in [2.45, 2.75) is 18.4 Å². The molecule has 154 valence electrons. The van der Waals surface area contributed by atoms with Gasteiger partial charge in [0.2, 0.25) is 0 Å². The van der Waals surface area contributed by atoms with Gasteiger partial charge < -0.3 is 15.4 Å². The Morgan fingerprint density at radius 2 is 1.45 bits per heavy atom. The standard InChI is InChI=1S/C19H18F3N3O4/c1-29-16(27)18(19(20,21)22,24-15(26)14-10-6-3-7-11-14)25-17(28)23-12-13-8-4-2-5-9-13/h2-11H,12H2,1H3,(H,24,26)(H2,23,25,28). The summed E-state index contributed by atoms with van der Waals surface area (Å²) >= 11 is 0. The number of nitrogens with one attached hydrogen (secondary N) is 3. The van der Waals surface area contributed by atoms with Gasteiger partial charge in [0.1, 0.15) is 0 Å². The molecule has 3 amide bonds. The Morgan fingerprint density at radius 3 is 1.97 bits per heavy atom. The fourth-order valence-corrected chi connectivity index (χ4v) is 2.37. The van der Waals surface area contributed by atoms with Crippen molar-refractivity contribution in [2.75, 3.05) is 7.11 Å². The van der Waals surface area contributed by atoms with Crippen LogP contribution in [-0.2, 0) is 16.1 Å². The Morgan fingerprint density at radius 1 is 0.897 bits per heavy atom. The number of carbonyl (C=O) groups is 3. The number of rotatable bonds is 6. The van der Waals surface area contributed by atoms with Gasteiger partial charge in [0.25, 0.3) is 5.91 Å². The van der Waals surface area contributed by atoms with Gasteiger partial charge in [-0.2, -0.15) is 13.2 Å². The lowest BCUT2D eigenvalue weighted by atomic mass is 10.1. The summed E-state index contributed by atoms with van der Waals surface area (Å²) in [7, 11) is 0.709. The molecular formula is C19H18F3N3O4. The Labute approximate surface area is 164 Å². The monoisotopic (exact) mass is 409 g/mol. The highest BCUT2D eigenvalue weighted by molar-refractivity contribution is 5.99. The number of methoxy groups -OCH3 is 1. The fourth-order valence-electron chi connectivity index (χ4n) is 2.37. The molecule has 0 fully saturated rings. The molecule has 0 aliphatic carbocycles. The Hall–Kier alpha value is -3.56. The van der Waals surface area contributed by atoms with Crippen LogP contribution in [0.1, 0.15) is 15.9 Å². The van der Waals surface area contributed by atoms with Gasteiger partial charge >= 0.3 is 23.8 Å². The largest absolute Gasteiger partial charge is 0.466 e. The van der Waals surface area contributed by atoms with E-state index >= 15 is 0 Å². The smallest absolute Gasteiger partial charge is 0.442 e. The van der Waals surface area contributed by atoms with Crippen molar-refractivity contribution in [3.8, 4) is 0 Å². The first-order chi connectivity index (χ1) is 13.7. The average Bonchev–Trinajstić information content (AvgIpc) is 2.71. The van der Waals surface area contributed by atoms with Crippen LogP contribution in [0, 0.1) is 0 Å². The number of halogens is 3. The summed E-state index contributed by atoms with van der Waals surface area (Å²) in [6, 6.07) is 14.0. The highest BCUT2D eigenvalue weighted by atomic mass is 19.4. The molecule has 0 heterocycles. The van der Waals surface area contributed by atoms with Crippen LogP contribution in [-0.4, -0.2) is 36.9 Å². The molecule has 0 saturated heterocycles. The van der Waals surface area contributed by atoms with E-state index in [1.165, 1.54) is 29.6 Å². The fraction of sp³-hybridized carbons (Fsp3) is 0.211. The summed E-state index contributed by atoms with van der Waals surface area (Å²) < 4.78 is 45.8. The Kier molecular flexibility index (Phi) is 6.81. The number of urea groups is 1. The number of benzene rings is 2. The predicted octanol–water partition coefficient (Wildman–Crippen LogP) is 2.35. The molecule has 29 heavy (non-hydrogen) atoms. The molecule has 2 aromatic rings. The summed E-state index contributed by atoms with van der Waals surface area (Å²) in [4.78, 5) is 36.5. The van der Waals surface area contributed by atoms with Crippen molar-refractivity contribution < 1.29 is 32.3 Å². The van der Waals surface area contributed by atoms with Crippen LogP contribution in [0.3, 0.4) is 0 Å². The van der Waals surface area contributed by atoms with Crippen molar-refractivity contribution in [1.29, 1.82) is 0 Å². The minimum Gasteiger partial charge on any atom is -0.466 e. The maximum absolute atomic E-state index is 13.9. The first-order valence-corrected chi connectivity index (χ1v) is 8.32. The third kappa shape index (κ3) is 5.24. The van der Waals surface area contributed by atoms with E-state index in [4.69, 9.17) is 0 Å². The molecule has 0 spiro atoms. The maximum atomic E-state index is 13.9. The van der Waals surface area contributed by atoms with E-state index in [1.54, 1.807) is 41.7 Å². The van der Waals surface area contributed by atoms with E-state index < -0.39 is 29.7 Å². The van der Waals surface area contributed by atoms with Gasteiger partial charge in [-0.05, 0) is 17.7 Å². The lowest BCUT2D eigenvalue weighted by Gasteiger charge is -2.34. The van der Waals surface area contributed by atoms with Crippen molar-refractivity contribution in [3.63, 3.8) is 0 Å². The van der Waals surface area contributed by atoms with Crippen molar-refractivity contribution in [2.24, 2.45) is 0 Å². The SMILES string of the molecule is COC(=O)C(NC(=O)NCc1ccccc1)(NC(=O)c1ccccc1)C(F)(F)F. The highest BCUT2D eigenvalue weighted by Gasteiger charge is 2.64. The van der Waals surface area contributed by atoms with Crippen LogP contribution in [0.2, 0.25) is 0 Å². The summed E-state index contributed by atoms with van der Waals surface area (Å²) in [6.07, 6.45) is -5.39. The maximum Gasteiger partial charge on any atom is 0.442 e. The predicted molar refractivity (Wildman–Crippen MR) is 96.5 cm³/mol. The third-order valence-electron chi connectivity index (χ3n) is 3.85. The molecule has 10 heteroatoms. The zero-order valence-electron chi connectivity index (χ0n) is 15.2. The van der Waals surface area contributed by atoms with E-state index in [9.17, 15) is 27.6 Å². The molecule has 0 saturated carbocycles. The minimum absolute atomic E-state index is 0.103. The van der Waals surface area contributed by atoms with Crippen molar-refractivity contribution in [3.05, 3.63) is 71.8 Å². The van der Waals surface area contributed by atoms with Gasteiger partial charge in [-0.1, -0.05) is 48.5 Å². The van der Waals surface area contributed by atoms with E-state index in [0.29, 0.717) is 12.7 Å². The van der Waals surface area contributed by atoms with Crippen LogP contribution in [0.5, 0.6) is 0 Å². The molecule has 0 radical (unpaired) electrons. The lowest BCUT2D eigenvalue weighted by Crippen LogP contribution is -2.74. The zero-order chi connectivity index (χ0) is 21.5. The summed E-state index contributed by atoms with van der Waals surface area (Å²) in [5.74, 6) is -3.12. The number of ether oxygens (including phenoxy) is 1. The molecule has 2 rings (SSSR count). The number of esters is 1. The third-order valence-corrected chi connectivity index (χ3v) is 3.85. The second-order valence-corrected chi connectivity index (χ2v) is 5.85. The zero-order valence-corrected chi connectivity index (χ0v) is 15.2. The number of hydrogen-bond acceptors (Lipinski definition) is 4. The van der Waals surface area contributed by atoms with Crippen LogP contribution < -0.4 is 16.0 Å². The molecular weight excluding hydrogens is 391 g/mol. The summed E-state index contributed by atoms with van der Waals surface area (Å²) in [5, 5.41) is 5.28.